The van der Waals surface area contributed by atoms with Gasteiger partial charge < -0.3 is 20.3 Å². The molecule has 0 amide bonds. The Morgan fingerprint density at radius 2 is 2.18 bits per heavy atom. The third kappa shape index (κ3) is 4.70. The van der Waals surface area contributed by atoms with Crippen LogP contribution in [0.5, 0.6) is 5.88 Å². The highest BCUT2D eigenvalue weighted by molar-refractivity contribution is 7.90. The first kappa shape index (κ1) is 21.4. The van der Waals surface area contributed by atoms with Gasteiger partial charge in [0.2, 0.25) is 11.8 Å². The zero-order valence-corrected chi connectivity index (χ0v) is 19.5. The monoisotopic (exact) mass is 465 g/mol. The van der Waals surface area contributed by atoms with Crippen LogP contribution >= 0.6 is 0 Å². The third-order valence-corrected chi connectivity index (χ3v) is 6.72. The molecule has 0 aliphatic carbocycles. The van der Waals surface area contributed by atoms with Crippen molar-refractivity contribution in [1.82, 2.24) is 15.0 Å². The number of anilines is 4. The second kappa shape index (κ2) is 8.51. The van der Waals surface area contributed by atoms with Gasteiger partial charge in [0.05, 0.1) is 29.9 Å². The number of nitrogens with zero attached hydrogens (tertiary/aromatic N) is 4. The van der Waals surface area contributed by atoms with E-state index in [2.05, 4.69) is 32.4 Å². The molecule has 5 rings (SSSR count). The summed E-state index contributed by atoms with van der Waals surface area (Å²) in [5, 5.41) is 6.66. The number of aromatic nitrogens is 3. The van der Waals surface area contributed by atoms with Crippen LogP contribution in [-0.4, -0.2) is 45.1 Å². The first-order valence-corrected chi connectivity index (χ1v) is 13.0. The lowest BCUT2D eigenvalue weighted by atomic mass is 10.0. The molecule has 9 nitrogen and oxygen atoms in total. The summed E-state index contributed by atoms with van der Waals surface area (Å²) in [7, 11) is -2.60. The van der Waals surface area contributed by atoms with E-state index in [4.69, 9.17) is 14.5 Å². The van der Waals surface area contributed by atoms with E-state index in [0.717, 1.165) is 59.0 Å². The van der Waals surface area contributed by atoms with Crippen molar-refractivity contribution in [3.8, 4) is 5.88 Å². The van der Waals surface area contributed by atoms with Crippen molar-refractivity contribution >= 4 is 32.7 Å². The smallest absolute Gasteiger partial charge is 0.237 e. The first-order chi connectivity index (χ1) is 15.9. The largest absolute Gasteiger partial charge is 0.474 e. The molecule has 2 aromatic heterocycles. The van der Waals surface area contributed by atoms with Crippen molar-refractivity contribution in [2.45, 2.75) is 25.6 Å². The Hall–Kier alpha value is -3.40. The summed E-state index contributed by atoms with van der Waals surface area (Å²) in [5.41, 5.74) is 6.97. The number of hydrogen-bond acceptors (Lipinski definition) is 9. The molecular weight excluding hydrogens is 438 g/mol. The summed E-state index contributed by atoms with van der Waals surface area (Å²) in [6.45, 7) is 5.05. The van der Waals surface area contributed by atoms with Gasteiger partial charge in [-0.05, 0) is 36.6 Å². The van der Waals surface area contributed by atoms with Crippen molar-refractivity contribution in [3.63, 3.8) is 0 Å². The summed E-state index contributed by atoms with van der Waals surface area (Å²) < 4.78 is 25.2. The molecule has 33 heavy (non-hydrogen) atoms. The molecule has 0 saturated carbocycles. The molecule has 3 N–H and O–H groups in total. The number of rotatable bonds is 5. The molecule has 2 aliphatic rings. The van der Waals surface area contributed by atoms with E-state index in [-0.39, 0.29) is 5.75 Å². The Bertz CT molecular complexity index is 1310. The molecule has 0 saturated heterocycles. The molecule has 3 aromatic rings. The highest BCUT2D eigenvalue weighted by Crippen LogP contribution is 2.36. The topological polar surface area (TPSA) is 116 Å². The predicted molar refractivity (Wildman–Crippen MR) is 130 cm³/mol. The van der Waals surface area contributed by atoms with E-state index >= 15 is 0 Å². The maximum Gasteiger partial charge on any atom is 0.237 e. The number of nitrogens with one attached hydrogen (secondary N) is 3. The van der Waals surface area contributed by atoms with Crippen molar-refractivity contribution in [3.05, 3.63) is 59.0 Å². The maximum atomic E-state index is 11.8. The Morgan fingerprint density at radius 3 is 3.03 bits per heavy atom. The van der Waals surface area contributed by atoms with Gasteiger partial charge >= 0.3 is 0 Å². The lowest BCUT2D eigenvalue weighted by Crippen LogP contribution is -2.32. The minimum Gasteiger partial charge on any atom is -0.474 e. The van der Waals surface area contributed by atoms with Gasteiger partial charge in [-0.1, -0.05) is 12.1 Å². The van der Waals surface area contributed by atoms with E-state index in [9.17, 15) is 4.21 Å². The molecule has 0 radical (unpaired) electrons. The quantitative estimate of drug-likeness (QED) is 0.525. The fourth-order valence-electron chi connectivity index (χ4n) is 4.28. The van der Waals surface area contributed by atoms with Gasteiger partial charge in [0.15, 0.2) is 0 Å². The summed E-state index contributed by atoms with van der Waals surface area (Å²) in [6, 6.07) is 7.57. The standard InChI is InChI=1S/C23H27N7O2S/c1-15-20(12-26-22-21(15)25-7-9-32-22)30-8-6-17-11-27-23(29-19(17)13-30)28-18-5-3-4-16(10-18)14-33(2,24)31/h3-5,10-12,24-25H,6-9,13-14H2,1-2H3,(H,27,28,29). The average Bonchev–Trinajstić information content (AvgIpc) is 2.78. The molecule has 1 aromatic carbocycles. The van der Waals surface area contributed by atoms with Gasteiger partial charge in [-0.3, -0.25) is 4.78 Å². The fraction of sp³-hybridized carbons (Fsp3) is 0.348. The summed E-state index contributed by atoms with van der Waals surface area (Å²) in [6.07, 6.45) is 6.09. The van der Waals surface area contributed by atoms with Crippen LogP contribution in [0.15, 0.2) is 36.7 Å². The lowest BCUT2D eigenvalue weighted by molar-refractivity contribution is 0.310. The molecule has 0 spiro atoms. The SMILES string of the molecule is Cc1c(N2CCc3cnc(Nc4cccc(CS(C)(=N)=O)c4)nc3C2)cnc2c1NCCO2. The van der Waals surface area contributed by atoms with Crippen molar-refractivity contribution < 1.29 is 8.95 Å². The fourth-order valence-corrected chi connectivity index (χ4v) is 5.10. The molecule has 0 fully saturated rings. The van der Waals surface area contributed by atoms with Crippen LogP contribution in [0.3, 0.4) is 0 Å². The van der Waals surface area contributed by atoms with Crippen LogP contribution in [0.2, 0.25) is 0 Å². The van der Waals surface area contributed by atoms with E-state index in [0.29, 0.717) is 25.0 Å². The van der Waals surface area contributed by atoms with Crippen molar-refractivity contribution in [2.75, 3.05) is 41.5 Å². The number of pyridine rings is 1. The van der Waals surface area contributed by atoms with Crippen molar-refractivity contribution in [1.29, 1.82) is 4.78 Å². The van der Waals surface area contributed by atoms with Crippen LogP contribution < -0.4 is 20.3 Å². The second-order valence-electron chi connectivity index (χ2n) is 8.54. The first-order valence-electron chi connectivity index (χ1n) is 10.9. The Kier molecular flexibility index (Phi) is 5.53. The van der Waals surface area contributed by atoms with Gasteiger partial charge in [0, 0.05) is 46.5 Å². The summed E-state index contributed by atoms with van der Waals surface area (Å²) >= 11 is 0. The lowest BCUT2D eigenvalue weighted by Gasteiger charge is -2.32. The van der Waals surface area contributed by atoms with E-state index in [1.165, 1.54) is 6.26 Å². The number of ether oxygens (including phenoxy) is 1. The Morgan fingerprint density at radius 1 is 1.30 bits per heavy atom. The average molecular weight is 466 g/mol. The summed E-state index contributed by atoms with van der Waals surface area (Å²) in [5.74, 6) is 1.41. The molecule has 172 valence electrons. The van der Waals surface area contributed by atoms with Crippen LogP contribution in [0, 0.1) is 11.7 Å². The van der Waals surface area contributed by atoms with Crippen molar-refractivity contribution in [2.24, 2.45) is 0 Å². The molecule has 4 heterocycles. The minimum absolute atomic E-state index is 0.219. The van der Waals surface area contributed by atoms with Crippen LogP contribution in [0.1, 0.15) is 22.4 Å². The normalized spacial score (nSPS) is 16.6. The zero-order chi connectivity index (χ0) is 23.0. The minimum atomic E-state index is -2.60. The number of fused-ring (bicyclic) bond motifs is 2. The van der Waals surface area contributed by atoms with Gasteiger partial charge in [-0.25, -0.2) is 19.2 Å². The number of hydrogen-bond donors (Lipinski definition) is 3. The zero-order valence-electron chi connectivity index (χ0n) is 18.7. The van der Waals surface area contributed by atoms with Gasteiger partial charge in [-0.2, -0.15) is 0 Å². The van der Waals surface area contributed by atoms with Crippen LogP contribution in [-0.2, 0) is 28.4 Å². The summed E-state index contributed by atoms with van der Waals surface area (Å²) in [4.78, 5) is 16.1. The van der Waals surface area contributed by atoms with Gasteiger partial charge in [-0.15, -0.1) is 0 Å². The number of benzene rings is 1. The molecule has 0 bridgehead atoms. The van der Waals surface area contributed by atoms with E-state index < -0.39 is 9.73 Å². The van der Waals surface area contributed by atoms with Crippen LogP contribution in [0.4, 0.5) is 23.0 Å². The van der Waals surface area contributed by atoms with E-state index in [1.54, 1.807) is 0 Å². The molecule has 1 atom stereocenters. The highest BCUT2D eigenvalue weighted by Gasteiger charge is 2.24. The Balaban J connectivity index is 1.36. The molecule has 2 aliphatic heterocycles. The highest BCUT2D eigenvalue weighted by atomic mass is 32.2. The van der Waals surface area contributed by atoms with Gasteiger partial charge in [0.1, 0.15) is 12.3 Å². The predicted octanol–water partition coefficient (Wildman–Crippen LogP) is 3.47. The van der Waals surface area contributed by atoms with E-state index in [1.807, 2.05) is 36.7 Å². The Labute approximate surface area is 193 Å². The van der Waals surface area contributed by atoms with Crippen LogP contribution in [0.25, 0.3) is 0 Å². The van der Waals surface area contributed by atoms with Gasteiger partial charge in [0.25, 0.3) is 0 Å². The third-order valence-electron chi connectivity index (χ3n) is 5.83. The second-order valence-corrected chi connectivity index (χ2v) is 10.8. The maximum absolute atomic E-state index is 11.8. The molecule has 1 unspecified atom stereocenters. The molecular formula is C23H27N7O2S. The molecule has 10 heteroatoms.